The van der Waals surface area contributed by atoms with Gasteiger partial charge in [0.25, 0.3) is 5.91 Å². The smallest absolute Gasteiger partial charge is 0.269 e. The van der Waals surface area contributed by atoms with Crippen molar-refractivity contribution >= 4 is 57.4 Å². The number of carbonyl (C=O) groups is 2. The van der Waals surface area contributed by atoms with Gasteiger partial charge in [0, 0.05) is 36.4 Å². The van der Waals surface area contributed by atoms with Gasteiger partial charge in [-0.15, -0.1) is 0 Å². The minimum Gasteiger partial charge on any atom is -0.384 e. The van der Waals surface area contributed by atoms with Gasteiger partial charge in [-0.25, -0.2) is 4.99 Å². The molecule has 36 heavy (non-hydrogen) atoms. The molecule has 1 aromatic heterocycles. The molecule has 0 bridgehead atoms. The molecule has 2 aliphatic heterocycles. The number of thioether (sulfide) groups is 2. The van der Waals surface area contributed by atoms with Gasteiger partial charge in [0.2, 0.25) is 0 Å². The number of pyridine rings is 1. The molecule has 1 fully saturated rings. The third-order valence-corrected chi connectivity index (χ3v) is 8.28. The van der Waals surface area contributed by atoms with E-state index in [1.807, 2.05) is 44.3 Å². The Kier molecular flexibility index (Phi) is 6.84. The molecule has 2 aliphatic rings. The van der Waals surface area contributed by atoms with Crippen LogP contribution in [-0.4, -0.2) is 40.3 Å². The molecule has 9 heteroatoms. The van der Waals surface area contributed by atoms with Gasteiger partial charge in [0.1, 0.15) is 4.91 Å². The standard InChI is InChI=1S/C27H25N5O2S2/c1-4-29-20-12-11-19(17(2)33)14-21(20)30-27-32(16-18-8-7-13-28-15-18)25(34)24(36-27)26-31(3)22-9-5-6-10-23(22)35-26/h5-15,29H,4,16H2,1-3H3. The van der Waals surface area contributed by atoms with Crippen LogP contribution in [0.5, 0.6) is 0 Å². The summed E-state index contributed by atoms with van der Waals surface area (Å²) in [5.41, 5.74) is 3.99. The van der Waals surface area contributed by atoms with Crippen molar-refractivity contribution in [2.75, 3.05) is 23.8 Å². The third kappa shape index (κ3) is 4.64. The number of para-hydroxylation sites is 1. The van der Waals surface area contributed by atoms with Crippen molar-refractivity contribution in [2.24, 2.45) is 4.99 Å². The zero-order valence-electron chi connectivity index (χ0n) is 20.2. The lowest BCUT2D eigenvalue weighted by molar-refractivity contribution is -0.122. The summed E-state index contributed by atoms with van der Waals surface area (Å²) in [4.78, 5) is 40.5. The Balaban J connectivity index is 1.60. The first kappa shape index (κ1) is 24.1. The van der Waals surface area contributed by atoms with Crippen LogP contribution in [0.2, 0.25) is 0 Å². The molecule has 0 unspecified atom stereocenters. The van der Waals surface area contributed by atoms with Crippen molar-refractivity contribution < 1.29 is 9.59 Å². The number of ketones is 1. The van der Waals surface area contributed by atoms with Crippen molar-refractivity contribution in [3.8, 4) is 0 Å². The van der Waals surface area contributed by atoms with Crippen LogP contribution >= 0.6 is 23.5 Å². The molecule has 1 saturated heterocycles. The normalized spacial score (nSPS) is 18.2. The highest BCUT2D eigenvalue weighted by Gasteiger charge is 2.39. The summed E-state index contributed by atoms with van der Waals surface area (Å²) in [6.45, 7) is 4.60. The van der Waals surface area contributed by atoms with Gasteiger partial charge in [-0.1, -0.05) is 30.0 Å². The number of hydrogen-bond acceptors (Lipinski definition) is 8. The molecule has 3 aromatic rings. The van der Waals surface area contributed by atoms with Crippen molar-refractivity contribution in [2.45, 2.75) is 25.3 Å². The van der Waals surface area contributed by atoms with E-state index in [-0.39, 0.29) is 11.7 Å². The molecular weight excluding hydrogens is 490 g/mol. The topological polar surface area (TPSA) is 77.9 Å². The maximum absolute atomic E-state index is 13.8. The van der Waals surface area contributed by atoms with E-state index in [4.69, 9.17) is 4.99 Å². The van der Waals surface area contributed by atoms with Crippen LogP contribution in [0, 0.1) is 0 Å². The quantitative estimate of drug-likeness (QED) is 0.324. The van der Waals surface area contributed by atoms with E-state index in [1.54, 1.807) is 41.2 Å². The predicted molar refractivity (Wildman–Crippen MR) is 148 cm³/mol. The molecular formula is C27H25N5O2S2. The number of amidine groups is 1. The first-order valence-electron chi connectivity index (χ1n) is 11.6. The fourth-order valence-corrected chi connectivity index (χ4v) is 6.35. The maximum Gasteiger partial charge on any atom is 0.269 e. The highest BCUT2D eigenvalue weighted by atomic mass is 32.2. The molecule has 182 valence electrons. The van der Waals surface area contributed by atoms with Crippen molar-refractivity contribution in [1.29, 1.82) is 0 Å². The molecule has 7 nitrogen and oxygen atoms in total. The molecule has 0 radical (unpaired) electrons. The van der Waals surface area contributed by atoms with Crippen LogP contribution in [-0.2, 0) is 11.3 Å². The average Bonchev–Trinajstić information content (AvgIpc) is 3.37. The number of Topliss-reactive ketones (excluding diaryl/α,β-unsaturated/α-hetero) is 1. The summed E-state index contributed by atoms with van der Waals surface area (Å²) in [6.07, 6.45) is 3.47. The molecule has 0 spiro atoms. The number of aliphatic imine (C=N–C) groups is 1. The number of fused-ring (bicyclic) bond motifs is 1. The molecule has 5 rings (SSSR count). The first-order valence-corrected chi connectivity index (χ1v) is 13.2. The van der Waals surface area contributed by atoms with Crippen molar-refractivity contribution in [3.05, 3.63) is 88.1 Å². The molecule has 1 amide bonds. The molecule has 1 N–H and O–H groups in total. The number of nitrogens with one attached hydrogen (secondary N) is 1. The van der Waals surface area contributed by atoms with Gasteiger partial charge in [-0.2, -0.15) is 0 Å². The Bertz CT molecular complexity index is 1400. The Morgan fingerprint density at radius 1 is 1.11 bits per heavy atom. The van der Waals surface area contributed by atoms with Gasteiger partial charge < -0.3 is 10.2 Å². The van der Waals surface area contributed by atoms with E-state index in [0.29, 0.717) is 34.4 Å². The number of aromatic nitrogens is 1. The number of anilines is 2. The number of carbonyl (C=O) groups excluding carboxylic acids is 2. The number of nitrogens with zero attached hydrogens (tertiary/aromatic N) is 4. The largest absolute Gasteiger partial charge is 0.384 e. The van der Waals surface area contributed by atoms with Crippen molar-refractivity contribution in [3.63, 3.8) is 0 Å². The second-order valence-corrected chi connectivity index (χ2v) is 10.3. The van der Waals surface area contributed by atoms with Crippen LogP contribution in [0.15, 0.2) is 86.8 Å². The highest BCUT2D eigenvalue weighted by molar-refractivity contribution is 8.19. The van der Waals surface area contributed by atoms with Crippen molar-refractivity contribution in [1.82, 2.24) is 9.88 Å². The predicted octanol–water partition coefficient (Wildman–Crippen LogP) is 5.89. The van der Waals surface area contributed by atoms with E-state index in [2.05, 4.69) is 27.3 Å². The molecule has 0 saturated carbocycles. The summed E-state index contributed by atoms with van der Waals surface area (Å²) in [5, 5.41) is 4.76. The lowest BCUT2D eigenvalue weighted by Gasteiger charge is -2.17. The summed E-state index contributed by atoms with van der Waals surface area (Å²) in [7, 11) is 1.98. The number of rotatable bonds is 6. The Morgan fingerprint density at radius 2 is 1.94 bits per heavy atom. The maximum atomic E-state index is 13.8. The summed E-state index contributed by atoms with van der Waals surface area (Å²) in [5.74, 6) is -0.135. The van der Waals surface area contributed by atoms with Gasteiger partial charge >= 0.3 is 0 Å². The van der Waals surface area contributed by atoms with Gasteiger partial charge in [-0.3, -0.25) is 19.5 Å². The zero-order chi connectivity index (χ0) is 25.2. The Morgan fingerprint density at radius 3 is 2.67 bits per heavy atom. The monoisotopic (exact) mass is 515 g/mol. The minimum absolute atomic E-state index is 0.0357. The molecule has 0 atom stereocenters. The third-order valence-electron chi connectivity index (χ3n) is 5.85. The fraction of sp³-hybridized carbons (Fsp3) is 0.185. The number of benzene rings is 2. The van der Waals surface area contributed by atoms with Gasteiger partial charge in [-0.05, 0) is 67.6 Å². The fourth-order valence-electron chi connectivity index (χ4n) is 4.02. The van der Waals surface area contributed by atoms with Crippen LogP contribution < -0.4 is 10.2 Å². The van der Waals surface area contributed by atoms with E-state index in [1.165, 1.54) is 18.7 Å². The summed E-state index contributed by atoms with van der Waals surface area (Å²) >= 11 is 2.96. The summed E-state index contributed by atoms with van der Waals surface area (Å²) in [6, 6.07) is 17.4. The number of hydrogen-bond donors (Lipinski definition) is 1. The van der Waals surface area contributed by atoms with Crippen LogP contribution in [0.25, 0.3) is 0 Å². The Labute approximate surface area is 218 Å². The lowest BCUT2D eigenvalue weighted by Crippen LogP contribution is -2.29. The molecule has 3 heterocycles. The highest BCUT2D eigenvalue weighted by Crippen LogP contribution is 2.50. The van der Waals surface area contributed by atoms with E-state index in [0.717, 1.165) is 26.9 Å². The minimum atomic E-state index is -0.0996. The second kappa shape index (κ2) is 10.2. The first-order chi connectivity index (χ1) is 17.5. The number of amides is 1. The van der Waals surface area contributed by atoms with Crippen LogP contribution in [0.1, 0.15) is 29.8 Å². The lowest BCUT2D eigenvalue weighted by atomic mass is 10.1. The van der Waals surface area contributed by atoms with Gasteiger partial charge in [0.05, 0.1) is 28.6 Å². The Hall–Kier alpha value is -3.56. The summed E-state index contributed by atoms with van der Waals surface area (Å²) < 4.78 is 0. The van der Waals surface area contributed by atoms with Gasteiger partial charge in [0.15, 0.2) is 11.0 Å². The second-order valence-electron chi connectivity index (χ2n) is 8.33. The van der Waals surface area contributed by atoms with E-state index in [9.17, 15) is 9.59 Å². The molecule has 0 aliphatic carbocycles. The van der Waals surface area contributed by atoms with E-state index < -0.39 is 0 Å². The zero-order valence-corrected chi connectivity index (χ0v) is 21.8. The van der Waals surface area contributed by atoms with Crippen LogP contribution in [0.3, 0.4) is 0 Å². The average molecular weight is 516 g/mol. The van der Waals surface area contributed by atoms with E-state index >= 15 is 0 Å². The van der Waals surface area contributed by atoms with Crippen LogP contribution in [0.4, 0.5) is 17.1 Å². The SMILES string of the molecule is CCNc1ccc(C(C)=O)cc1N=C1SC(=C2Sc3ccccc3N2C)C(=O)N1Cc1cccnc1. The molecule has 2 aromatic carbocycles.